The van der Waals surface area contributed by atoms with Crippen molar-refractivity contribution in [2.75, 3.05) is 13.6 Å². The molecule has 2 rings (SSSR count). The molecule has 96 valence electrons. The molecule has 1 unspecified atom stereocenters. The molecule has 1 heterocycles. The molecule has 0 aromatic heterocycles. The van der Waals surface area contributed by atoms with E-state index >= 15 is 0 Å². The topological polar surface area (TPSA) is 49.4 Å². The number of hydrogen-bond acceptors (Lipinski definition) is 3. The first-order chi connectivity index (χ1) is 8.54. The molecule has 1 aliphatic carbocycles. The number of ketones is 1. The number of carbonyl (C=O) groups excluding carboxylic acids is 2. The lowest BCUT2D eigenvalue weighted by atomic mass is 10.0. The molecule has 1 N–H and O–H groups in total. The van der Waals surface area contributed by atoms with Crippen LogP contribution in [0.25, 0.3) is 0 Å². The molecule has 1 saturated heterocycles. The molecule has 0 spiro atoms. The number of hydrogen-bond donors (Lipinski definition) is 1. The minimum absolute atomic E-state index is 0.0112. The highest BCUT2D eigenvalue weighted by molar-refractivity contribution is 5.89. The predicted molar refractivity (Wildman–Crippen MR) is 65.6 cm³/mol. The summed E-state index contributed by atoms with van der Waals surface area (Å²) in [6.07, 6.45) is 3.17. The molecular weight excluding hydrogens is 216 g/mol. The maximum absolute atomic E-state index is 12.5. The van der Waals surface area contributed by atoms with Crippen LogP contribution in [0.15, 0.2) is 0 Å². The molecule has 2 fully saturated rings. The van der Waals surface area contributed by atoms with E-state index < -0.39 is 0 Å². The second-order valence-corrected chi connectivity index (χ2v) is 5.07. The third-order valence-corrected chi connectivity index (χ3v) is 4.05. The van der Waals surface area contributed by atoms with E-state index in [2.05, 4.69) is 5.32 Å². The van der Waals surface area contributed by atoms with Gasteiger partial charge in [0.15, 0.2) is 5.78 Å². The SMILES string of the molecule is [3H][C@@H]1C[C@H](C(C)=O)N(C(=O)[C@@H]2CCCC2NC)C1. The van der Waals surface area contributed by atoms with Crippen molar-refractivity contribution in [2.24, 2.45) is 5.92 Å². The number of nitrogens with one attached hydrogen (secondary N) is 1. The van der Waals surface area contributed by atoms with E-state index in [0.717, 1.165) is 19.3 Å². The van der Waals surface area contributed by atoms with Crippen molar-refractivity contribution < 1.29 is 11.0 Å². The molecule has 4 heteroatoms. The van der Waals surface area contributed by atoms with Crippen LogP contribution in [-0.2, 0) is 9.59 Å². The van der Waals surface area contributed by atoms with Gasteiger partial charge < -0.3 is 10.2 Å². The van der Waals surface area contributed by atoms with Crippen LogP contribution in [-0.4, -0.2) is 42.3 Å². The standard InChI is InChI=1S/C13H22N2O2/c1-9(16)12-7-4-8-15(12)13(17)10-5-3-6-11(10)14-2/h10-12,14H,3-8H2,1-2H3/t10-,11?,12-/m1/s1/i4T/t4-,10-,11?,12-. The van der Waals surface area contributed by atoms with Crippen molar-refractivity contribution >= 4 is 11.7 Å². The van der Waals surface area contributed by atoms with Crippen LogP contribution in [0, 0.1) is 5.92 Å². The summed E-state index contributed by atoms with van der Waals surface area (Å²) >= 11 is 0. The monoisotopic (exact) mass is 240 g/mol. The number of Topliss-reactive ketones (excluding diaryl/α,β-unsaturated/α-hetero) is 1. The first-order valence-electron chi connectivity index (χ1n) is 7.02. The van der Waals surface area contributed by atoms with Crippen LogP contribution in [0.1, 0.15) is 40.4 Å². The Hall–Kier alpha value is -0.900. The van der Waals surface area contributed by atoms with Crippen molar-refractivity contribution in [3.05, 3.63) is 0 Å². The normalized spacial score (nSPS) is 38.2. The van der Waals surface area contributed by atoms with E-state index in [-0.39, 0.29) is 36.1 Å². The minimum atomic E-state index is -0.363. The number of likely N-dealkylation sites (tertiary alicyclic amines) is 1. The molecule has 0 bridgehead atoms. The molecule has 1 saturated carbocycles. The third kappa shape index (κ3) is 2.37. The largest absolute Gasteiger partial charge is 0.332 e. The Morgan fingerprint density at radius 1 is 1.35 bits per heavy atom. The van der Waals surface area contributed by atoms with Crippen molar-refractivity contribution in [2.45, 2.75) is 51.1 Å². The Bertz CT molecular complexity index is 348. The fourth-order valence-electron chi connectivity index (χ4n) is 3.07. The predicted octanol–water partition coefficient (Wildman–Crippen LogP) is 0.954. The Morgan fingerprint density at radius 2 is 2.12 bits per heavy atom. The number of rotatable bonds is 3. The average molecular weight is 240 g/mol. The number of carbonyl (C=O) groups is 2. The van der Waals surface area contributed by atoms with E-state index in [1.807, 2.05) is 7.05 Å². The fraction of sp³-hybridized carbons (Fsp3) is 0.846. The summed E-state index contributed by atoms with van der Waals surface area (Å²) in [5.41, 5.74) is 0. The highest BCUT2D eigenvalue weighted by Crippen LogP contribution is 2.30. The van der Waals surface area contributed by atoms with E-state index in [1.165, 1.54) is 6.92 Å². The lowest BCUT2D eigenvalue weighted by Crippen LogP contribution is -2.46. The van der Waals surface area contributed by atoms with Crippen LogP contribution in [0.5, 0.6) is 0 Å². The highest BCUT2D eigenvalue weighted by Gasteiger charge is 2.39. The Labute approximate surface area is 104 Å². The maximum atomic E-state index is 12.5. The van der Waals surface area contributed by atoms with E-state index in [9.17, 15) is 9.59 Å². The molecule has 17 heavy (non-hydrogen) atoms. The van der Waals surface area contributed by atoms with Gasteiger partial charge in [-0.25, -0.2) is 0 Å². The van der Waals surface area contributed by atoms with Gasteiger partial charge in [0.25, 0.3) is 0 Å². The van der Waals surface area contributed by atoms with Gasteiger partial charge in [0.2, 0.25) is 5.91 Å². The zero-order valence-corrected chi connectivity index (χ0v) is 10.6. The van der Waals surface area contributed by atoms with Gasteiger partial charge in [-0.1, -0.05) is 6.42 Å². The fourth-order valence-corrected chi connectivity index (χ4v) is 3.07. The van der Waals surface area contributed by atoms with Gasteiger partial charge in [-0.2, -0.15) is 0 Å². The molecule has 0 aromatic rings. The van der Waals surface area contributed by atoms with E-state index in [1.54, 1.807) is 4.90 Å². The number of amides is 1. The summed E-state index contributed by atoms with van der Waals surface area (Å²) in [4.78, 5) is 25.8. The summed E-state index contributed by atoms with van der Waals surface area (Å²) in [5, 5.41) is 3.19. The summed E-state index contributed by atoms with van der Waals surface area (Å²) in [7, 11) is 1.88. The van der Waals surface area contributed by atoms with Gasteiger partial charge in [0.1, 0.15) is 0 Å². The van der Waals surface area contributed by atoms with Gasteiger partial charge >= 0.3 is 0 Å². The molecule has 0 radical (unpaired) electrons. The maximum Gasteiger partial charge on any atom is 0.227 e. The quantitative estimate of drug-likeness (QED) is 0.799. The van der Waals surface area contributed by atoms with Crippen LogP contribution in [0.3, 0.4) is 0 Å². The Balaban J connectivity index is 2.10. The lowest BCUT2D eigenvalue weighted by molar-refractivity contribution is -0.140. The molecule has 4 nitrogen and oxygen atoms in total. The smallest absolute Gasteiger partial charge is 0.227 e. The van der Waals surface area contributed by atoms with Gasteiger partial charge in [0.05, 0.1) is 12.0 Å². The van der Waals surface area contributed by atoms with Crippen molar-refractivity contribution in [1.29, 1.82) is 0 Å². The van der Waals surface area contributed by atoms with E-state index in [4.69, 9.17) is 1.37 Å². The van der Waals surface area contributed by atoms with Crippen LogP contribution < -0.4 is 5.32 Å². The molecule has 1 amide bonds. The van der Waals surface area contributed by atoms with Crippen LogP contribution in [0.4, 0.5) is 0 Å². The Kier molecular flexibility index (Phi) is 3.41. The van der Waals surface area contributed by atoms with Crippen LogP contribution in [0.2, 0.25) is 0 Å². The molecular formula is C13H22N2O2. The zero-order valence-electron chi connectivity index (χ0n) is 11.6. The first-order valence-corrected chi connectivity index (χ1v) is 6.45. The summed E-state index contributed by atoms with van der Waals surface area (Å²) in [6.45, 7) is 1.93. The summed E-state index contributed by atoms with van der Waals surface area (Å²) in [6, 6.07) is -0.131. The van der Waals surface area contributed by atoms with Crippen molar-refractivity contribution in [3.8, 4) is 0 Å². The van der Waals surface area contributed by atoms with Gasteiger partial charge in [-0.3, -0.25) is 9.59 Å². The third-order valence-electron chi connectivity index (χ3n) is 4.05. The van der Waals surface area contributed by atoms with Crippen molar-refractivity contribution in [1.82, 2.24) is 10.2 Å². The summed E-state index contributed by atoms with van der Waals surface area (Å²) < 4.78 is 7.78. The second-order valence-electron chi connectivity index (χ2n) is 5.07. The van der Waals surface area contributed by atoms with Gasteiger partial charge in [-0.15, -0.1) is 0 Å². The Morgan fingerprint density at radius 3 is 2.76 bits per heavy atom. The highest BCUT2D eigenvalue weighted by atomic mass is 16.2. The van der Waals surface area contributed by atoms with Gasteiger partial charge in [0, 0.05) is 14.0 Å². The lowest BCUT2D eigenvalue weighted by Gasteiger charge is -2.28. The number of nitrogens with zero attached hydrogens (tertiary/aromatic N) is 1. The van der Waals surface area contributed by atoms with E-state index in [0.29, 0.717) is 13.0 Å². The molecule has 2 aliphatic rings. The van der Waals surface area contributed by atoms with Crippen LogP contribution >= 0.6 is 0 Å². The zero-order chi connectivity index (χ0) is 13.3. The molecule has 0 aromatic carbocycles. The average Bonchev–Trinajstić information content (AvgIpc) is 2.93. The minimum Gasteiger partial charge on any atom is -0.332 e. The second kappa shape index (κ2) is 5.17. The summed E-state index contributed by atoms with van der Waals surface area (Å²) in [5.74, 6) is 0.0704. The molecule has 4 atom stereocenters. The van der Waals surface area contributed by atoms with Crippen molar-refractivity contribution in [3.63, 3.8) is 0 Å². The first kappa shape index (κ1) is 11.2. The molecule has 1 aliphatic heterocycles. The van der Waals surface area contributed by atoms with Gasteiger partial charge in [-0.05, 0) is 39.6 Å².